The van der Waals surface area contributed by atoms with Gasteiger partial charge >= 0.3 is 0 Å². The summed E-state index contributed by atoms with van der Waals surface area (Å²) in [7, 11) is 0. The van der Waals surface area contributed by atoms with Crippen molar-refractivity contribution in [2.45, 2.75) is 58.7 Å². The summed E-state index contributed by atoms with van der Waals surface area (Å²) in [6, 6.07) is 10.2. The number of nitrogens with one attached hydrogen (secondary N) is 1. The van der Waals surface area contributed by atoms with Crippen LogP contribution in [-0.2, 0) is 11.2 Å². The van der Waals surface area contributed by atoms with E-state index < -0.39 is 0 Å². The molecule has 1 heterocycles. The van der Waals surface area contributed by atoms with Crippen molar-refractivity contribution >= 4 is 5.91 Å². The zero-order chi connectivity index (χ0) is 15.2. The van der Waals surface area contributed by atoms with Crippen molar-refractivity contribution in [1.82, 2.24) is 10.2 Å². The molecule has 3 heteroatoms. The lowest BCUT2D eigenvalue weighted by Gasteiger charge is -2.27. The molecule has 2 unspecified atom stereocenters. The van der Waals surface area contributed by atoms with Crippen LogP contribution in [0.1, 0.15) is 45.6 Å². The summed E-state index contributed by atoms with van der Waals surface area (Å²) in [6.07, 6.45) is 4.45. The molecule has 0 aromatic heterocycles. The van der Waals surface area contributed by atoms with E-state index in [0.29, 0.717) is 5.92 Å². The number of hydrogen-bond acceptors (Lipinski definition) is 2. The highest BCUT2D eigenvalue weighted by molar-refractivity contribution is 5.84. The molecule has 0 spiro atoms. The molecule has 21 heavy (non-hydrogen) atoms. The maximum absolute atomic E-state index is 12.7. The van der Waals surface area contributed by atoms with Crippen molar-refractivity contribution in [1.29, 1.82) is 0 Å². The van der Waals surface area contributed by atoms with Crippen LogP contribution in [0.3, 0.4) is 0 Å². The second kappa shape index (κ2) is 7.60. The van der Waals surface area contributed by atoms with Gasteiger partial charge in [0.05, 0.1) is 12.2 Å². The van der Waals surface area contributed by atoms with E-state index in [1.54, 1.807) is 0 Å². The smallest absolute Gasteiger partial charge is 0.241 e. The van der Waals surface area contributed by atoms with Gasteiger partial charge in [0.1, 0.15) is 0 Å². The summed E-state index contributed by atoms with van der Waals surface area (Å²) in [5.41, 5.74) is 1.22. The molecular weight excluding hydrogens is 260 g/mol. The van der Waals surface area contributed by atoms with Gasteiger partial charge in [-0.15, -0.1) is 0 Å². The average Bonchev–Trinajstić information content (AvgIpc) is 2.78. The van der Waals surface area contributed by atoms with Crippen LogP contribution >= 0.6 is 0 Å². The Morgan fingerprint density at radius 2 is 1.90 bits per heavy atom. The maximum Gasteiger partial charge on any atom is 0.241 e. The monoisotopic (exact) mass is 288 g/mol. The van der Waals surface area contributed by atoms with E-state index in [0.717, 1.165) is 19.4 Å². The van der Waals surface area contributed by atoms with Crippen molar-refractivity contribution in [3.8, 4) is 0 Å². The van der Waals surface area contributed by atoms with Gasteiger partial charge in [0.25, 0.3) is 0 Å². The van der Waals surface area contributed by atoms with Crippen LogP contribution in [0.5, 0.6) is 0 Å². The van der Waals surface area contributed by atoms with Crippen LogP contribution in [0.4, 0.5) is 0 Å². The summed E-state index contributed by atoms with van der Waals surface area (Å²) in [5.74, 6) is 0.713. The zero-order valence-corrected chi connectivity index (χ0v) is 13.5. The Bertz CT molecular complexity index is 444. The summed E-state index contributed by atoms with van der Waals surface area (Å²) in [4.78, 5) is 14.7. The van der Waals surface area contributed by atoms with Gasteiger partial charge in [-0.05, 0) is 24.3 Å². The number of hydrogen-bond donors (Lipinski definition) is 1. The molecule has 1 aliphatic heterocycles. The summed E-state index contributed by atoms with van der Waals surface area (Å²) in [6.45, 7) is 7.45. The van der Waals surface area contributed by atoms with Gasteiger partial charge in [-0.3, -0.25) is 10.1 Å². The van der Waals surface area contributed by atoms with E-state index in [9.17, 15) is 4.79 Å². The standard InChI is InChI=1S/C18H28N2O/c1-4-5-9-12-20-17(14(2)3)19-16(18(20)21)13-15-10-7-6-8-11-15/h6-8,10-11,14,16-17,19H,4-5,9,12-13H2,1-3H3. The molecule has 1 aromatic carbocycles. The van der Waals surface area contributed by atoms with Crippen LogP contribution in [0.15, 0.2) is 30.3 Å². The average molecular weight is 288 g/mol. The van der Waals surface area contributed by atoms with Crippen LogP contribution < -0.4 is 5.32 Å². The van der Waals surface area contributed by atoms with Gasteiger partial charge in [-0.25, -0.2) is 0 Å². The second-order valence-corrected chi connectivity index (χ2v) is 6.34. The first-order valence-corrected chi connectivity index (χ1v) is 8.24. The van der Waals surface area contributed by atoms with Crippen LogP contribution in [-0.4, -0.2) is 29.6 Å². The Kier molecular flexibility index (Phi) is 5.80. The minimum atomic E-state index is -0.0681. The second-order valence-electron chi connectivity index (χ2n) is 6.34. The number of amides is 1. The topological polar surface area (TPSA) is 32.3 Å². The lowest BCUT2D eigenvalue weighted by atomic mass is 10.1. The fourth-order valence-corrected chi connectivity index (χ4v) is 3.03. The number of rotatable bonds is 7. The highest BCUT2D eigenvalue weighted by Gasteiger charge is 2.39. The Balaban J connectivity index is 2.02. The number of unbranched alkanes of at least 4 members (excludes halogenated alkanes) is 2. The molecule has 0 saturated carbocycles. The van der Waals surface area contributed by atoms with E-state index >= 15 is 0 Å². The van der Waals surface area contributed by atoms with Gasteiger partial charge in [-0.1, -0.05) is 63.9 Å². The SMILES string of the molecule is CCCCCN1C(=O)C(Cc2ccccc2)NC1C(C)C. The molecule has 1 N–H and O–H groups in total. The number of nitrogens with zero attached hydrogens (tertiary/aromatic N) is 1. The van der Waals surface area contributed by atoms with Gasteiger partial charge in [-0.2, -0.15) is 0 Å². The molecule has 0 bridgehead atoms. The molecular formula is C18H28N2O. The van der Waals surface area contributed by atoms with Gasteiger partial charge in [0.15, 0.2) is 0 Å². The van der Waals surface area contributed by atoms with Crippen molar-refractivity contribution in [3.63, 3.8) is 0 Å². The molecule has 0 aliphatic carbocycles. The summed E-state index contributed by atoms with van der Waals surface area (Å²) in [5, 5.41) is 3.54. The molecule has 1 aromatic rings. The van der Waals surface area contributed by atoms with E-state index in [2.05, 4.69) is 43.1 Å². The highest BCUT2D eigenvalue weighted by atomic mass is 16.2. The van der Waals surface area contributed by atoms with Gasteiger partial charge < -0.3 is 4.90 Å². The van der Waals surface area contributed by atoms with Crippen LogP contribution in [0.25, 0.3) is 0 Å². The lowest BCUT2D eigenvalue weighted by Crippen LogP contribution is -2.42. The minimum absolute atomic E-state index is 0.0681. The maximum atomic E-state index is 12.7. The van der Waals surface area contributed by atoms with Crippen molar-refractivity contribution in [2.24, 2.45) is 5.92 Å². The molecule has 0 radical (unpaired) electrons. The Labute approximate surface area is 128 Å². The molecule has 1 aliphatic rings. The largest absolute Gasteiger partial charge is 0.326 e. The van der Waals surface area contributed by atoms with Gasteiger partial charge in [0, 0.05) is 6.54 Å². The molecule has 1 saturated heterocycles. The first-order chi connectivity index (χ1) is 10.1. The predicted molar refractivity (Wildman–Crippen MR) is 86.9 cm³/mol. The Hall–Kier alpha value is -1.35. The van der Waals surface area contributed by atoms with E-state index in [4.69, 9.17) is 0 Å². The molecule has 2 rings (SSSR count). The van der Waals surface area contributed by atoms with E-state index in [-0.39, 0.29) is 18.1 Å². The molecule has 1 amide bonds. The summed E-state index contributed by atoms with van der Waals surface area (Å²) < 4.78 is 0. The van der Waals surface area contributed by atoms with E-state index in [1.165, 1.54) is 18.4 Å². The number of carbonyl (C=O) groups is 1. The molecule has 116 valence electrons. The van der Waals surface area contributed by atoms with Crippen molar-refractivity contribution in [3.05, 3.63) is 35.9 Å². The van der Waals surface area contributed by atoms with Crippen molar-refractivity contribution in [2.75, 3.05) is 6.54 Å². The Morgan fingerprint density at radius 3 is 2.52 bits per heavy atom. The normalized spacial score (nSPS) is 22.3. The number of carbonyl (C=O) groups excluding carboxylic acids is 1. The third-order valence-electron chi connectivity index (χ3n) is 4.21. The molecule has 3 nitrogen and oxygen atoms in total. The minimum Gasteiger partial charge on any atom is -0.326 e. The fourth-order valence-electron chi connectivity index (χ4n) is 3.03. The zero-order valence-electron chi connectivity index (χ0n) is 13.5. The highest BCUT2D eigenvalue weighted by Crippen LogP contribution is 2.20. The summed E-state index contributed by atoms with van der Waals surface area (Å²) >= 11 is 0. The van der Waals surface area contributed by atoms with Crippen LogP contribution in [0.2, 0.25) is 0 Å². The third-order valence-corrected chi connectivity index (χ3v) is 4.21. The third kappa shape index (κ3) is 4.07. The van der Waals surface area contributed by atoms with Crippen molar-refractivity contribution < 1.29 is 4.79 Å². The number of benzene rings is 1. The molecule has 1 fully saturated rings. The quantitative estimate of drug-likeness (QED) is 0.781. The predicted octanol–water partition coefficient (Wildman–Crippen LogP) is 3.20. The first-order valence-electron chi connectivity index (χ1n) is 8.24. The van der Waals surface area contributed by atoms with E-state index in [1.807, 2.05) is 18.2 Å². The lowest BCUT2D eigenvalue weighted by molar-refractivity contribution is -0.130. The Morgan fingerprint density at radius 1 is 1.19 bits per heavy atom. The van der Waals surface area contributed by atoms with Crippen LogP contribution in [0, 0.1) is 5.92 Å². The fraction of sp³-hybridized carbons (Fsp3) is 0.611. The molecule has 2 atom stereocenters. The van der Waals surface area contributed by atoms with Gasteiger partial charge in [0.2, 0.25) is 5.91 Å². The first kappa shape index (κ1) is 16.0.